The van der Waals surface area contributed by atoms with E-state index >= 15 is 0 Å². The summed E-state index contributed by atoms with van der Waals surface area (Å²) in [5.74, 6) is 0.892. The van der Waals surface area contributed by atoms with Crippen LogP contribution >= 0.6 is 0 Å². The molecule has 0 saturated carbocycles. The fourth-order valence-corrected chi connectivity index (χ4v) is 4.80. The van der Waals surface area contributed by atoms with Gasteiger partial charge in [-0.15, -0.1) is 0 Å². The summed E-state index contributed by atoms with van der Waals surface area (Å²) in [6.07, 6.45) is 7.60. The van der Waals surface area contributed by atoms with Crippen LogP contribution in [0, 0.1) is 0 Å². The lowest BCUT2D eigenvalue weighted by Crippen LogP contribution is -2.27. The van der Waals surface area contributed by atoms with Crippen LogP contribution in [0.4, 0.5) is 23.1 Å². The second-order valence-electron chi connectivity index (χ2n) is 8.90. The van der Waals surface area contributed by atoms with Crippen molar-refractivity contribution in [2.24, 2.45) is 0 Å². The van der Waals surface area contributed by atoms with Crippen LogP contribution in [0.2, 0.25) is 0 Å². The molecule has 0 atom stereocenters. The van der Waals surface area contributed by atoms with Crippen molar-refractivity contribution < 1.29 is 8.42 Å². The zero-order valence-corrected chi connectivity index (χ0v) is 21.2. The van der Waals surface area contributed by atoms with Crippen molar-refractivity contribution in [3.63, 3.8) is 0 Å². The van der Waals surface area contributed by atoms with Crippen molar-refractivity contribution in [1.29, 1.82) is 0 Å². The Morgan fingerprint density at radius 2 is 1.92 bits per heavy atom. The Hall–Kier alpha value is -3.70. The molecule has 0 amide bonds. The summed E-state index contributed by atoms with van der Waals surface area (Å²) < 4.78 is 27.3. The lowest BCUT2D eigenvalue weighted by Gasteiger charge is -2.22. The van der Waals surface area contributed by atoms with Crippen molar-refractivity contribution in [2.45, 2.75) is 13.0 Å². The molecule has 11 heteroatoms. The van der Waals surface area contributed by atoms with Crippen LogP contribution in [-0.2, 0) is 16.6 Å². The molecular weight excluding hydrogens is 476 g/mol. The first kappa shape index (κ1) is 24.0. The molecule has 1 aliphatic heterocycles. The number of rotatable bonds is 7. The van der Waals surface area contributed by atoms with Crippen molar-refractivity contribution in [3.05, 3.63) is 66.6 Å². The fraction of sp³-hybridized carbons (Fsp3) is 0.320. The summed E-state index contributed by atoms with van der Waals surface area (Å²) in [6.45, 7) is 4.53. The number of pyridine rings is 1. The number of nitrogens with zero attached hydrogens (tertiary/aromatic N) is 6. The Bertz CT molecular complexity index is 1440. The summed E-state index contributed by atoms with van der Waals surface area (Å²) in [5, 5.41) is 7.63. The Kier molecular flexibility index (Phi) is 6.75. The highest BCUT2D eigenvalue weighted by molar-refractivity contribution is 7.92. The zero-order chi connectivity index (χ0) is 25.1. The minimum absolute atomic E-state index is 0.398. The molecule has 2 N–H and O–H groups in total. The van der Waals surface area contributed by atoms with Crippen LogP contribution in [0.25, 0.3) is 11.0 Å². The molecule has 36 heavy (non-hydrogen) atoms. The van der Waals surface area contributed by atoms with Crippen molar-refractivity contribution in [1.82, 2.24) is 24.8 Å². The van der Waals surface area contributed by atoms with E-state index in [0.717, 1.165) is 54.9 Å². The number of aromatic nitrogens is 4. The van der Waals surface area contributed by atoms with Gasteiger partial charge in [-0.1, -0.05) is 6.07 Å². The predicted molar refractivity (Wildman–Crippen MR) is 144 cm³/mol. The number of sulfonamides is 1. The number of benzene rings is 1. The largest absolute Gasteiger partial charge is 0.370 e. The Morgan fingerprint density at radius 3 is 2.72 bits per heavy atom. The number of hydrogen-bond acceptors (Lipinski definition) is 8. The fourth-order valence-electron chi connectivity index (χ4n) is 4.32. The Balaban J connectivity index is 1.36. The molecule has 0 bridgehead atoms. The van der Waals surface area contributed by atoms with E-state index in [2.05, 4.69) is 37.6 Å². The Labute approximate surface area is 211 Å². The van der Waals surface area contributed by atoms with Gasteiger partial charge in [0, 0.05) is 67.6 Å². The number of anilines is 4. The molecule has 1 saturated heterocycles. The maximum atomic E-state index is 12.1. The second kappa shape index (κ2) is 10.1. The van der Waals surface area contributed by atoms with Crippen LogP contribution in [0.1, 0.15) is 12.0 Å². The summed E-state index contributed by atoms with van der Waals surface area (Å²) in [6, 6.07) is 14.0. The van der Waals surface area contributed by atoms with Crippen LogP contribution in [0.15, 0.2) is 61.1 Å². The van der Waals surface area contributed by atoms with E-state index in [1.54, 1.807) is 18.5 Å². The first-order valence-electron chi connectivity index (χ1n) is 11.9. The molecule has 10 nitrogen and oxygen atoms in total. The van der Waals surface area contributed by atoms with Gasteiger partial charge >= 0.3 is 0 Å². The van der Waals surface area contributed by atoms with Crippen LogP contribution in [0.3, 0.4) is 0 Å². The molecule has 1 aliphatic rings. The van der Waals surface area contributed by atoms with Crippen LogP contribution in [-0.4, -0.2) is 67.4 Å². The molecule has 0 unspecified atom stereocenters. The maximum Gasteiger partial charge on any atom is 0.233 e. The van der Waals surface area contributed by atoms with Gasteiger partial charge < -0.3 is 20.1 Å². The maximum absolute atomic E-state index is 12.1. The van der Waals surface area contributed by atoms with Crippen LogP contribution < -0.4 is 19.8 Å². The third-order valence-corrected chi connectivity index (χ3v) is 7.50. The number of fused-ring (bicyclic) bond motifs is 1. The second-order valence-corrected chi connectivity index (χ2v) is 10.9. The van der Waals surface area contributed by atoms with Gasteiger partial charge in [-0.3, -0.25) is 4.31 Å². The normalized spacial score (nSPS) is 14.6. The quantitative estimate of drug-likeness (QED) is 0.394. The molecule has 188 valence electrons. The summed E-state index contributed by atoms with van der Waals surface area (Å²) in [7, 11) is -1.93. The van der Waals surface area contributed by atoms with Gasteiger partial charge in [0.1, 0.15) is 11.5 Å². The third kappa shape index (κ3) is 5.26. The van der Waals surface area contributed by atoms with E-state index in [1.807, 2.05) is 35.0 Å². The first-order chi connectivity index (χ1) is 17.4. The number of nitrogens with one attached hydrogen (secondary N) is 2. The summed E-state index contributed by atoms with van der Waals surface area (Å²) in [5.41, 5.74) is 3.64. The predicted octanol–water partition coefficient (Wildman–Crippen LogP) is 2.81. The van der Waals surface area contributed by atoms with E-state index in [0.29, 0.717) is 18.3 Å². The summed E-state index contributed by atoms with van der Waals surface area (Å²) in [4.78, 5) is 15.9. The SMILES string of the molecule is CN(c1ncccc1Cn1ccc2cnc(Nc3ccc(N4CCCNCC4)cc3)nc21)S(C)(=O)=O. The summed E-state index contributed by atoms with van der Waals surface area (Å²) >= 11 is 0. The molecule has 1 fully saturated rings. The first-order valence-corrected chi connectivity index (χ1v) is 13.8. The highest BCUT2D eigenvalue weighted by Crippen LogP contribution is 2.24. The molecule has 1 aromatic carbocycles. The van der Waals surface area contributed by atoms with E-state index in [9.17, 15) is 8.42 Å². The van der Waals surface area contributed by atoms with E-state index in [4.69, 9.17) is 4.98 Å². The van der Waals surface area contributed by atoms with Gasteiger partial charge in [0.05, 0.1) is 12.8 Å². The van der Waals surface area contributed by atoms with E-state index in [1.165, 1.54) is 23.3 Å². The Morgan fingerprint density at radius 1 is 1.08 bits per heavy atom. The van der Waals surface area contributed by atoms with Gasteiger partial charge in [-0.25, -0.2) is 18.4 Å². The average Bonchev–Trinajstić information content (AvgIpc) is 3.07. The van der Waals surface area contributed by atoms with E-state index < -0.39 is 10.0 Å². The molecule has 4 heterocycles. The molecule has 5 rings (SSSR count). The smallest absolute Gasteiger partial charge is 0.233 e. The minimum atomic E-state index is -3.43. The lowest BCUT2D eigenvalue weighted by atomic mass is 10.2. The van der Waals surface area contributed by atoms with E-state index in [-0.39, 0.29) is 0 Å². The molecule has 4 aromatic rings. The molecular formula is C25H30N8O2S. The molecule has 0 aliphatic carbocycles. The highest BCUT2D eigenvalue weighted by Gasteiger charge is 2.18. The molecule has 3 aromatic heterocycles. The monoisotopic (exact) mass is 506 g/mol. The molecule has 0 radical (unpaired) electrons. The van der Waals surface area contributed by atoms with Gasteiger partial charge in [0.25, 0.3) is 0 Å². The topological polar surface area (TPSA) is 108 Å². The molecule has 0 spiro atoms. The lowest BCUT2D eigenvalue weighted by molar-refractivity contribution is 0.599. The standard InChI is InChI=1S/C25H30N8O2S/c1-31(36(2,34)35)23-20(5-3-12-27-23)18-33-15-10-19-17-28-25(30-24(19)33)29-21-6-8-22(9-7-21)32-14-4-11-26-13-16-32/h3,5-10,12,15,17,26H,4,11,13-14,16,18H2,1-2H3,(H,28,29,30). The third-order valence-electron chi connectivity index (χ3n) is 6.33. The van der Waals surface area contributed by atoms with Crippen LogP contribution in [0.5, 0.6) is 0 Å². The van der Waals surface area contributed by atoms with Crippen molar-refractivity contribution in [3.8, 4) is 0 Å². The number of hydrogen-bond donors (Lipinski definition) is 2. The van der Waals surface area contributed by atoms with Gasteiger partial charge in [-0.05, 0) is 49.4 Å². The zero-order valence-electron chi connectivity index (χ0n) is 20.4. The average molecular weight is 507 g/mol. The highest BCUT2D eigenvalue weighted by atomic mass is 32.2. The van der Waals surface area contributed by atoms with Crippen molar-refractivity contribution in [2.75, 3.05) is 54.0 Å². The minimum Gasteiger partial charge on any atom is -0.370 e. The van der Waals surface area contributed by atoms with Gasteiger partial charge in [0.15, 0.2) is 0 Å². The van der Waals surface area contributed by atoms with Gasteiger partial charge in [-0.2, -0.15) is 4.98 Å². The van der Waals surface area contributed by atoms with Crippen molar-refractivity contribution >= 4 is 44.2 Å². The van der Waals surface area contributed by atoms with Gasteiger partial charge in [0.2, 0.25) is 16.0 Å².